The number of ether oxygens (including phenoxy) is 2. The summed E-state index contributed by atoms with van der Waals surface area (Å²) >= 11 is 0. The second-order valence-electron chi connectivity index (χ2n) is 19.5. The number of halogens is 6. The lowest BCUT2D eigenvalue weighted by Crippen LogP contribution is -2.49. The first kappa shape index (κ1) is 67.8. The van der Waals surface area contributed by atoms with Crippen LogP contribution in [0.3, 0.4) is 0 Å². The van der Waals surface area contributed by atoms with Crippen LogP contribution in [-0.2, 0) is 41.3 Å². The van der Waals surface area contributed by atoms with Crippen LogP contribution in [0.5, 0.6) is 5.75 Å². The van der Waals surface area contributed by atoms with Crippen LogP contribution >= 0.6 is 0 Å². The minimum atomic E-state index is -4.77. The number of amides is 3. The summed E-state index contributed by atoms with van der Waals surface area (Å²) in [7, 11) is 3.48. The van der Waals surface area contributed by atoms with Crippen LogP contribution in [0.15, 0.2) is 54.6 Å². The van der Waals surface area contributed by atoms with Gasteiger partial charge >= 0.3 is 24.1 Å². The molecule has 3 aromatic carbocycles. The molecule has 14 nitrogen and oxygen atoms in total. The van der Waals surface area contributed by atoms with E-state index >= 15 is 0 Å². The number of aliphatic carboxylic acids is 1. The summed E-state index contributed by atoms with van der Waals surface area (Å²) in [6.45, 7) is 3.93. The summed E-state index contributed by atoms with van der Waals surface area (Å²) in [6, 6.07) is 11.0. The van der Waals surface area contributed by atoms with Gasteiger partial charge in [0.2, 0.25) is 11.7 Å². The molecule has 0 bridgehead atoms. The standard InChI is InChI=1S/C34H45F3N2O5.C24H35F3N2O5/c1-25-15-14-19-30(34(35,36)37)31(25)33(43)44-24-29(41)23-39-32(42)27(21-26-16-10-9-11-17-26)22-28(40)18-12-7-5-3-4-6-8-13-20-38-2;1-4-5-6-7-8-9-10-11-12-29(3)24(33)28-18(14-20(31)32)19(30)15-34-23-21(26)16(2)13-17(25)22(23)27/h9-11,14-17,19,27,38H,3-8,12-13,18,20-24H2,1-2H3,(H,39,42);13,18H,4-12,14-15H2,1-3H3,(H,28,33)(H,31,32)/t27-;18-/m10/s1. The van der Waals surface area contributed by atoms with Crippen LogP contribution < -0.4 is 20.7 Å². The molecule has 0 spiro atoms. The number of carbonyl (C=O) groups is 7. The van der Waals surface area contributed by atoms with E-state index in [0.717, 1.165) is 69.5 Å². The molecule has 0 radical (unpaired) electrons. The van der Waals surface area contributed by atoms with Crippen molar-refractivity contribution in [1.82, 2.24) is 20.9 Å². The molecule has 2 atom stereocenters. The van der Waals surface area contributed by atoms with Gasteiger partial charge < -0.3 is 35.4 Å². The number of esters is 1. The summed E-state index contributed by atoms with van der Waals surface area (Å²) < 4.78 is 91.1. The van der Waals surface area contributed by atoms with Gasteiger partial charge in [0.15, 0.2) is 35.6 Å². The van der Waals surface area contributed by atoms with Crippen molar-refractivity contribution in [1.29, 1.82) is 0 Å². The molecule has 0 fully saturated rings. The van der Waals surface area contributed by atoms with Gasteiger partial charge in [-0.1, -0.05) is 133 Å². The number of unbranched alkanes of at least 4 members (excludes halogenated alkanes) is 14. The Morgan fingerprint density at radius 3 is 1.91 bits per heavy atom. The third-order valence-corrected chi connectivity index (χ3v) is 12.8. The molecule has 0 aromatic heterocycles. The molecule has 0 aliphatic heterocycles. The minimum absolute atomic E-state index is 0.0212. The van der Waals surface area contributed by atoms with E-state index < -0.39 is 114 Å². The number of Topliss-reactive ketones (excluding diaryl/α,β-unsaturated/α-hetero) is 3. The van der Waals surface area contributed by atoms with Crippen molar-refractivity contribution in [3.8, 4) is 5.75 Å². The minimum Gasteiger partial charge on any atom is -0.481 e. The van der Waals surface area contributed by atoms with E-state index in [1.807, 2.05) is 37.4 Å². The molecule has 434 valence electrons. The van der Waals surface area contributed by atoms with Gasteiger partial charge in [-0.15, -0.1) is 0 Å². The second-order valence-corrected chi connectivity index (χ2v) is 19.5. The number of carbonyl (C=O) groups excluding carboxylic acids is 6. The molecule has 0 aliphatic rings. The number of benzene rings is 3. The van der Waals surface area contributed by atoms with Gasteiger partial charge in [-0.3, -0.25) is 24.0 Å². The van der Waals surface area contributed by atoms with Gasteiger partial charge in [0.1, 0.15) is 18.4 Å². The Morgan fingerprint density at radius 2 is 1.31 bits per heavy atom. The molecule has 0 unspecified atom stereocenters. The average molecular weight is 1110 g/mol. The fourth-order valence-electron chi connectivity index (χ4n) is 8.33. The number of carboxylic acids is 1. The number of rotatable bonds is 37. The Bertz CT molecular complexity index is 2330. The van der Waals surface area contributed by atoms with Crippen LogP contribution in [0.2, 0.25) is 0 Å². The van der Waals surface area contributed by atoms with E-state index in [2.05, 4.69) is 22.9 Å². The first-order valence-corrected chi connectivity index (χ1v) is 27.0. The maximum absolute atomic E-state index is 14.1. The molecule has 0 saturated carbocycles. The Hall–Kier alpha value is -6.31. The quantitative estimate of drug-likeness (QED) is 0.0185. The van der Waals surface area contributed by atoms with Gasteiger partial charge in [-0.2, -0.15) is 17.6 Å². The number of ketones is 3. The fraction of sp³-hybridized carbons (Fsp3) is 0.569. The van der Waals surface area contributed by atoms with Gasteiger partial charge in [0.25, 0.3) is 0 Å². The van der Waals surface area contributed by atoms with Crippen molar-refractivity contribution in [2.24, 2.45) is 5.92 Å². The summed E-state index contributed by atoms with van der Waals surface area (Å²) in [6.07, 6.45) is 12.7. The lowest BCUT2D eigenvalue weighted by Gasteiger charge is -2.22. The van der Waals surface area contributed by atoms with E-state index in [1.165, 1.54) is 89.3 Å². The zero-order valence-electron chi connectivity index (χ0n) is 45.9. The average Bonchev–Trinajstić information content (AvgIpc) is 3.42. The predicted octanol–water partition coefficient (Wildman–Crippen LogP) is 11.4. The van der Waals surface area contributed by atoms with Gasteiger partial charge in [-0.25, -0.2) is 18.4 Å². The van der Waals surface area contributed by atoms with Crippen molar-refractivity contribution >= 4 is 41.2 Å². The number of aryl methyl sites for hydroxylation is 2. The highest BCUT2D eigenvalue weighted by molar-refractivity contribution is 5.96. The molecular formula is C58H80F6N4O10. The zero-order valence-corrected chi connectivity index (χ0v) is 45.9. The molecule has 3 rings (SSSR count). The predicted molar refractivity (Wildman–Crippen MR) is 285 cm³/mol. The van der Waals surface area contributed by atoms with Crippen LogP contribution in [0.25, 0.3) is 0 Å². The number of hydrogen-bond acceptors (Lipinski definition) is 10. The molecule has 78 heavy (non-hydrogen) atoms. The van der Waals surface area contributed by atoms with E-state index in [9.17, 15) is 59.9 Å². The highest BCUT2D eigenvalue weighted by Gasteiger charge is 2.37. The lowest BCUT2D eigenvalue weighted by molar-refractivity contribution is -0.140. The number of urea groups is 1. The monoisotopic (exact) mass is 1110 g/mol. The summed E-state index contributed by atoms with van der Waals surface area (Å²) in [5.41, 5.74) is -1.09. The number of carboxylic acid groups (broad SMARTS) is 1. The van der Waals surface area contributed by atoms with E-state index in [4.69, 9.17) is 14.6 Å². The van der Waals surface area contributed by atoms with Crippen molar-refractivity contribution in [2.75, 3.05) is 46.9 Å². The number of nitrogens with one attached hydrogen (secondary N) is 3. The third kappa shape index (κ3) is 26.8. The fourth-order valence-corrected chi connectivity index (χ4v) is 8.33. The Labute approximate surface area is 455 Å². The maximum Gasteiger partial charge on any atom is 0.417 e. The number of nitrogens with zero attached hydrogens (tertiary/aromatic N) is 1. The number of alkyl halides is 3. The largest absolute Gasteiger partial charge is 0.481 e. The Kier molecular flexibility index (Phi) is 32.6. The van der Waals surface area contributed by atoms with Crippen LogP contribution in [0.4, 0.5) is 31.1 Å². The molecule has 0 aliphatic carbocycles. The second kappa shape index (κ2) is 37.5. The molecular weight excluding hydrogens is 1030 g/mol. The molecule has 0 saturated heterocycles. The molecule has 3 aromatic rings. The van der Waals surface area contributed by atoms with Gasteiger partial charge in [-0.05, 0) is 81.9 Å². The molecule has 0 heterocycles. The van der Waals surface area contributed by atoms with Crippen LogP contribution in [-0.4, -0.2) is 104 Å². The number of hydrogen-bond donors (Lipinski definition) is 4. The topological polar surface area (TPSA) is 198 Å². The van der Waals surface area contributed by atoms with Gasteiger partial charge in [0.05, 0.1) is 24.1 Å². The van der Waals surface area contributed by atoms with E-state index in [-0.39, 0.29) is 23.3 Å². The smallest absolute Gasteiger partial charge is 0.417 e. The molecule has 3 amide bonds. The molecule has 20 heteroatoms. The highest BCUT2D eigenvalue weighted by atomic mass is 19.4. The van der Waals surface area contributed by atoms with Crippen molar-refractivity contribution in [3.05, 3.63) is 99.9 Å². The van der Waals surface area contributed by atoms with E-state index in [0.29, 0.717) is 25.5 Å². The Balaban J connectivity index is 0.000000552. The SMILES string of the molecule is CCCCCCCCCCN(C)C(=O)N[C@@H](CC(=O)O)C(=O)COc1c(F)c(C)cc(F)c1F.CNCCCCCCCCCCC(=O)C[C@@H](Cc1ccccc1)C(=O)NCC(=O)COC(=O)c1c(C)cccc1C(F)(F)F. The zero-order chi connectivity index (χ0) is 58.0. The summed E-state index contributed by atoms with van der Waals surface area (Å²) in [5.74, 6) is -10.6. The third-order valence-electron chi connectivity index (χ3n) is 12.8. The van der Waals surface area contributed by atoms with Crippen molar-refractivity contribution < 1.29 is 74.5 Å². The van der Waals surface area contributed by atoms with E-state index in [1.54, 1.807) is 0 Å². The lowest BCUT2D eigenvalue weighted by atomic mass is 9.91. The van der Waals surface area contributed by atoms with Crippen molar-refractivity contribution in [2.45, 2.75) is 161 Å². The van der Waals surface area contributed by atoms with Crippen LogP contribution in [0.1, 0.15) is 162 Å². The Morgan fingerprint density at radius 1 is 0.705 bits per heavy atom. The first-order valence-electron chi connectivity index (χ1n) is 27.0. The first-order chi connectivity index (χ1) is 37.1. The maximum atomic E-state index is 14.1. The molecule has 4 N–H and O–H groups in total. The highest BCUT2D eigenvalue weighted by Crippen LogP contribution is 2.34. The van der Waals surface area contributed by atoms with Crippen LogP contribution in [0, 0.1) is 37.2 Å². The summed E-state index contributed by atoms with van der Waals surface area (Å²) in [4.78, 5) is 88.0. The normalized spacial score (nSPS) is 11.9. The van der Waals surface area contributed by atoms with Crippen molar-refractivity contribution in [3.63, 3.8) is 0 Å². The van der Waals surface area contributed by atoms with Gasteiger partial charge in [0, 0.05) is 32.4 Å². The summed E-state index contributed by atoms with van der Waals surface area (Å²) in [5, 5.41) is 17.1.